The number of rotatable bonds is 4. The molecule has 8 heteroatoms. The first-order chi connectivity index (χ1) is 6.39. The first-order valence-corrected chi connectivity index (χ1v) is 4.77. The molecule has 0 unspecified atom stereocenters. The Labute approximate surface area is 83.2 Å². The number of hydrogen-bond donors (Lipinski definition) is 1. The maximum Gasteiger partial charge on any atom is 0.505 e. The second kappa shape index (κ2) is 4.08. The predicted octanol–water partition coefficient (Wildman–Crippen LogP) is 2.15. The summed E-state index contributed by atoms with van der Waals surface area (Å²) in [6.45, 7) is -0.300. The summed E-state index contributed by atoms with van der Waals surface area (Å²) in [6.07, 6.45) is 0. The molecule has 0 radical (unpaired) electrons. The van der Waals surface area contributed by atoms with Crippen LogP contribution in [-0.2, 0) is 0 Å². The van der Waals surface area contributed by atoms with E-state index < -0.39 is 12.4 Å². The molecular weight excluding hydrogens is 214 g/mol. The van der Waals surface area contributed by atoms with E-state index in [0.717, 1.165) is 11.8 Å². The van der Waals surface area contributed by atoms with Crippen LogP contribution in [0.1, 0.15) is 5.82 Å². The monoisotopic (exact) mass is 222 g/mol. The van der Waals surface area contributed by atoms with Crippen LogP contribution < -0.4 is 0 Å². The smallest absolute Gasteiger partial charge is 0.445 e. The van der Waals surface area contributed by atoms with Crippen LogP contribution in [-0.4, -0.2) is 27.9 Å². The maximum atomic E-state index is 12.1. The molecule has 1 heterocycles. The third-order valence-electron chi connectivity index (χ3n) is 1.43. The van der Waals surface area contributed by atoms with Crippen molar-refractivity contribution in [2.75, 3.05) is 5.75 Å². The fourth-order valence-corrected chi connectivity index (χ4v) is 1.45. The van der Waals surface area contributed by atoms with Crippen molar-refractivity contribution in [3.8, 4) is 0 Å². The number of aromatic nitrogens is 3. The highest BCUT2D eigenvalue weighted by molar-refractivity contribution is 7.99. The van der Waals surface area contributed by atoms with Crippen molar-refractivity contribution < 1.29 is 12.9 Å². The molecule has 0 aromatic carbocycles. The summed E-state index contributed by atoms with van der Waals surface area (Å²) in [7, 11) is 0. The van der Waals surface area contributed by atoms with Crippen molar-refractivity contribution >= 4 is 18.7 Å². The van der Waals surface area contributed by atoms with Crippen LogP contribution in [0.3, 0.4) is 0 Å². The van der Waals surface area contributed by atoms with Gasteiger partial charge in [-0.1, -0.05) is 11.8 Å². The first-order valence-electron chi connectivity index (χ1n) is 3.79. The molecule has 0 aliphatic rings. The lowest BCUT2D eigenvalue weighted by atomic mass is 9.82. The van der Waals surface area contributed by atoms with Crippen molar-refractivity contribution in [1.29, 1.82) is 0 Å². The van der Waals surface area contributed by atoms with E-state index in [1.807, 2.05) is 0 Å². The maximum absolute atomic E-state index is 12.1. The molecule has 1 aromatic rings. The Hall–Kier alpha value is -0.915. The first kappa shape index (κ1) is 11.2. The van der Waals surface area contributed by atoms with Crippen LogP contribution in [0.15, 0.2) is 17.2 Å². The molecule has 0 saturated heterocycles. The van der Waals surface area contributed by atoms with E-state index in [0.29, 0.717) is 11.0 Å². The topological polar surface area (TPSA) is 41.6 Å². The van der Waals surface area contributed by atoms with Crippen molar-refractivity contribution in [2.24, 2.45) is 0 Å². The highest BCUT2D eigenvalue weighted by atomic mass is 32.2. The number of aromatic amines is 1. The lowest BCUT2D eigenvalue weighted by Crippen LogP contribution is -2.20. The Balaban J connectivity index is 2.46. The SMILES string of the molecule is C=C(CSc1n[nH]c(C)n1)[B-](F)(F)F. The molecule has 1 N–H and O–H groups in total. The number of nitrogens with one attached hydrogen (secondary N) is 1. The molecule has 0 aliphatic heterocycles. The Morgan fingerprint density at radius 1 is 1.57 bits per heavy atom. The average molecular weight is 222 g/mol. The van der Waals surface area contributed by atoms with Gasteiger partial charge in [-0.3, -0.25) is 5.10 Å². The normalized spacial score (nSPS) is 11.7. The van der Waals surface area contributed by atoms with E-state index in [2.05, 4.69) is 21.8 Å². The van der Waals surface area contributed by atoms with Crippen molar-refractivity contribution in [3.63, 3.8) is 0 Å². The molecule has 0 spiro atoms. The minimum absolute atomic E-state index is 0.221. The molecule has 0 fully saturated rings. The van der Waals surface area contributed by atoms with Gasteiger partial charge in [-0.2, -0.15) is 0 Å². The molecule has 0 amide bonds. The van der Waals surface area contributed by atoms with Gasteiger partial charge in [0.15, 0.2) is 0 Å². The Morgan fingerprint density at radius 3 is 2.64 bits per heavy atom. The molecule has 1 aromatic heterocycles. The minimum atomic E-state index is -4.94. The quantitative estimate of drug-likeness (QED) is 0.626. The van der Waals surface area contributed by atoms with Gasteiger partial charge in [-0.25, -0.2) is 4.98 Å². The fraction of sp³-hybridized carbons (Fsp3) is 0.333. The third kappa shape index (κ3) is 3.10. The van der Waals surface area contributed by atoms with Gasteiger partial charge < -0.3 is 12.9 Å². The van der Waals surface area contributed by atoms with Gasteiger partial charge in [0.25, 0.3) is 0 Å². The standard InChI is InChI=1S/C6H8BF3N3S/c1-4(7(8,9)10)3-14-6-11-5(2)12-13-6/h1,3H2,2H3,(H,11,12,13)/q-1. The van der Waals surface area contributed by atoms with Crippen molar-refractivity contribution in [2.45, 2.75) is 12.1 Å². The number of H-pyrrole nitrogens is 1. The number of halogens is 3. The predicted molar refractivity (Wildman–Crippen MR) is 50.1 cm³/mol. The Kier molecular flexibility index (Phi) is 3.25. The second-order valence-electron chi connectivity index (χ2n) is 2.73. The number of hydrogen-bond acceptors (Lipinski definition) is 3. The number of thioether (sulfide) groups is 1. The van der Waals surface area contributed by atoms with Gasteiger partial charge in [0.05, 0.1) is 0 Å². The van der Waals surface area contributed by atoms with E-state index in [9.17, 15) is 12.9 Å². The number of nitrogens with zero attached hydrogens (tertiary/aromatic N) is 2. The molecule has 3 nitrogen and oxygen atoms in total. The second-order valence-corrected chi connectivity index (χ2v) is 3.67. The van der Waals surface area contributed by atoms with Gasteiger partial charge in [-0.05, 0) is 12.7 Å². The van der Waals surface area contributed by atoms with Crippen molar-refractivity contribution in [3.05, 3.63) is 17.9 Å². The van der Waals surface area contributed by atoms with Crippen LogP contribution in [0.4, 0.5) is 12.9 Å². The lowest BCUT2D eigenvalue weighted by Gasteiger charge is -2.16. The zero-order valence-electron chi connectivity index (χ0n) is 7.43. The number of aryl methyl sites for hydroxylation is 1. The molecular formula is C6H8BF3N3S-. The van der Waals surface area contributed by atoms with Crippen LogP contribution >= 0.6 is 11.8 Å². The van der Waals surface area contributed by atoms with E-state index in [-0.39, 0.29) is 5.75 Å². The van der Waals surface area contributed by atoms with Crippen LogP contribution in [0.25, 0.3) is 0 Å². The Bertz CT molecular complexity index is 335. The summed E-state index contributed by atoms with van der Waals surface area (Å²) >= 11 is 0.919. The summed E-state index contributed by atoms with van der Waals surface area (Å²) in [4.78, 5) is 3.86. The van der Waals surface area contributed by atoms with Crippen LogP contribution in [0.2, 0.25) is 0 Å². The van der Waals surface area contributed by atoms with E-state index in [1.54, 1.807) is 6.92 Å². The molecule has 0 bridgehead atoms. The molecule has 14 heavy (non-hydrogen) atoms. The lowest BCUT2D eigenvalue weighted by molar-refractivity contribution is 0.491. The van der Waals surface area contributed by atoms with E-state index in [4.69, 9.17) is 0 Å². The van der Waals surface area contributed by atoms with Gasteiger partial charge in [-0.15, -0.1) is 17.2 Å². The minimum Gasteiger partial charge on any atom is -0.445 e. The zero-order valence-corrected chi connectivity index (χ0v) is 8.24. The molecule has 78 valence electrons. The largest absolute Gasteiger partial charge is 0.505 e. The summed E-state index contributed by atoms with van der Waals surface area (Å²) < 4.78 is 36.2. The van der Waals surface area contributed by atoms with Gasteiger partial charge in [0, 0.05) is 0 Å². The fourth-order valence-electron chi connectivity index (χ4n) is 0.638. The third-order valence-corrected chi connectivity index (χ3v) is 2.38. The molecule has 0 aliphatic carbocycles. The summed E-state index contributed by atoms with van der Waals surface area (Å²) in [5.41, 5.74) is -0.725. The zero-order chi connectivity index (χ0) is 10.8. The summed E-state index contributed by atoms with van der Waals surface area (Å²) in [5.74, 6) is 0.358. The van der Waals surface area contributed by atoms with Crippen LogP contribution in [0, 0.1) is 6.92 Å². The molecule has 0 atom stereocenters. The summed E-state index contributed by atoms with van der Waals surface area (Å²) in [6, 6.07) is 0. The van der Waals surface area contributed by atoms with Crippen molar-refractivity contribution in [1.82, 2.24) is 15.2 Å². The Morgan fingerprint density at radius 2 is 2.21 bits per heavy atom. The van der Waals surface area contributed by atoms with Gasteiger partial charge >= 0.3 is 6.98 Å². The van der Waals surface area contributed by atoms with Gasteiger partial charge in [0.2, 0.25) is 5.16 Å². The summed E-state index contributed by atoms with van der Waals surface area (Å²) in [5, 5.41) is 6.55. The molecule has 1 rings (SSSR count). The van der Waals surface area contributed by atoms with Gasteiger partial charge in [0.1, 0.15) is 5.82 Å². The van der Waals surface area contributed by atoms with Crippen LogP contribution in [0.5, 0.6) is 0 Å². The highest BCUT2D eigenvalue weighted by Crippen LogP contribution is 2.24. The van der Waals surface area contributed by atoms with E-state index >= 15 is 0 Å². The average Bonchev–Trinajstić information content (AvgIpc) is 2.45. The highest BCUT2D eigenvalue weighted by Gasteiger charge is 2.26. The molecule has 0 saturated carbocycles. The van der Waals surface area contributed by atoms with E-state index in [1.165, 1.54) is 0 Å².